The van der Waals surface area contributed by atoms with Gasteiger partial charge in [0.1, 0.15) is 24.5 Å². The Balaban J connectivity index is 1.01. The maximum atomic E-state index is 14.7. The molecule has 3 unspecified atom stereocenters. The lowest BCUT2D eigenvalue weighted by Gasteiger charge is -2.25. The minimum absolute atomic E-state index is 0.00242. The number of nitrogens with one attached hydrogen (secondary N) is 1. The van der Waals surface area contributed by atoms with Gasteiger partial charge in [-0.05, 0) is 36.5 Å². The highest BCUT2D eigenvalue weighted by molar-refractivity contribution is 8.07. The first-order chi connectivity index (χ1) is 21.7. The molecule has 0 radical (unpaired) electrons. The van der Waals surface area contributed by atoms with Gasteiger partial charge in [-0.15, -0.1) is 0 Å². The first-order valence-corrected chi connectivity index (χ1v) is 19.1. The van der Waals surface area contributed by atoms with E-state index in [2.05, 4.69) is 36.7 Å². The predicted molar refractivity (Wildman–Crippen MR) is 165 cm³/mol. The van der Waals surface area contributed by atoms with Gasteiger partial charge in [-0.2, -0.15) is 4.98 Å². The van der Waals surface area contributed by atoms with Gasteiger partial charge in [0, 0.05) is 19.0 Å². The fraction of sp³-hybridized carbons (Fsp3) is 0.522. The van der Waals surface area contributed by atoms with E-state index in [1.54, 1.807) is 4.57 Å². The average Bonchev–Trinajstić information content (AvgIpc) is 3.41. The maximum absolute atomic E-state index is 14.7. The Morgan fingerprint density at radius 2 is 1.96 bits per heavy atom. The molecule has 23 heteroatoms. The summed E-state index contributed by atoms with van der Waals surface area (Å²) in [5, 5.41) is 0.00242. The zero-order chi connectivity index (χ0) is 32.6. The van der Waals surface area contributed by atoms with Crippen LogP contribution in [-0.4, -0.2) is 85.9 Å². The van der Waals surface area contributed by atoms with Crippen molar-refractivity contribution in [2.45, 2.75) is 61.9 Å². The number of fused-ring (bicyclic) bond motifs is 2. The van der Waals surface area contributed by atoms with Crippen LogP contribution in [0.4, 0.5) is 16.2 Å². The largest absolute Gasteiger partial charge is 0.383 e. The second kappa shape index (κ2) is 11.6. The number of halogens is 1. The molecule has 4 aromatic heterocycles. The number of rotatable bonds is 10. The number of anilines is 2. The molecule has 6 heterocycles. The summed E-state index contributed by atoms with van der Waals surface area (Å²) in [7, 11) is 0. The number of nitrogens with two attached hydrogens (primary N) is 2. The molecule has 46 heavy (non-hydrogen) atoms. The highest BCUT2D eigenvalue weighted by Gasteiger charge is 2.61. The molecule has 1 aliphatic carbocycles. The molecule has 4 aromatic rings. The molecule has 18 nitrogen and oxygen atoms in total. The molecule has 1 spiro atoms. The molecule has 2 saturated heterocycles. The fourth-order valence-electron chi connectivity index (χ4n) is 6.12. The topological polar surface area (TPSA) is 253 Å². The summed E-state index contributed by atoms with van der Waals surface area (Å²) in [5.74, 6) is -0.747. The Kier molecular flexibility index (Phi) is 8.06. The fourth-order valence-corrected chi connectivity index (χ4v) is 8.14. The van der Waals surface area contributed by atoms with Crippen LogP contribution in [0.1, 0.15) is 38.0 Å². The summed E-state index contributed by atoms with van der Waals surface area (Å²) < 4.78 is 46.7. The Hall–Kier alpha value is -2.52. The molecule has 3 aliphatic rings. The molecule has 3 fully saturated rings. The number of ether oxygens (including phenoxy) is 2. The second-order valence-electron chi connectivity index (χ2n) is 11.2. The van der Waals surface area contributed by atoms with Crippen molar-refractivity contribution in [2.75, 3.05) is 24.7 Å². The van der Waals surface area contributed by atoms with Crippen molar-refractivity contribution in [1.82, 2.24) is 34.1 Å². The zero-order valence-corrected chi connectivity index (χ0v) is 27.0. The standard InChI is InChI=1S/C23H28FN9O9P2S2/c24-11-5-32(19-16(11)18(25)27-8-28-19)15-3-12(13(40-15)7-38-43(35,36)45)42-44(37,46)39-6-10-1-2-23(41-10)4-14(23)33-9-29-17-20(33)30-22(26)31-21(17)34/h5,8-10,12-15H,1-4,6-7H2,(H,37,46)(H2,25,27,28)(H2,35,36,45)(H3,26,30,31,34)/t10-,12-,13+,14?,15+,23?,44?/m0/s1. The Morgan fingerprint density at radius 1 is 1.15 bits per heavy atom. The van der Waals surface area contributed by atoms with Gasteiger partial charge in [0.2, 0.25) is 5.95 Å². The van der Waals surface area contributed by atoms with Crippen LogP contribution in [0.2, 0.25) is 0 Å². The van der Waals surface area contributed by atoms with Crippen molar-refractivity contribution in [1.29, 1.82) is 0 Å². The number of imidazole rings is 1. The summed E-state index contributed by atoms with van der Waals surface area (Å²) in [6, 6.07) is -0.120. The van der Waals surface area contributed by atoms with Crippen LogP contribution in [0, 0.1) is 5.82 Å². The predicted octanol–water partition coefficient (Wildman–Crippen LogP) is 0.862. The van der Waals surface area contributed by atoms with Crippen molar-refractivity contribution in [2.24, 2.45) is 0 Å². The van der Waals surface area contributed by atoms with E-state index in [-0.39, 0.29) is 47.4 Å². The summed E-state index contributed by atoms with van der Waals surface area (Å²) in [6.45, 7) is -8.50. The van der Waals surface area contributed by atoms with Gasteiger partial charge in [-0.1, -0.05) is 0 Å². The highest BCUT2D eigenvalue weighted by atomic mass is 32.5. The molecule has 8 N–H and O–H groups in total. The second-order valence-corrected chi connectivity index (χ2v) is 16.7. The minimum Gasteiger partial charge on any atom is -0.383 e. The third kappa shape index (κ3) is 6.11. The van der Waals surface area contributed by atoms with Crippen molar-refractivity contribution in [3.63, 3.8) is 0 Å². The first-order valence-electron chi connectivity index (χ1n) is 13.9. The molecule has 1 saturated carbocycles. The van der Waals surface area contributed by atoms with Gasteiger partial charge in [0.25, 0.3) is 5.56 Å². The van der Waals surface area contributed by atoms with Gasteiger partial charge in [0.05, 0.1) is 48.8 Å². The summed E-state index contributed by atoms with van der Waals surface area (Å²) in [5.41, 5.74) is 11.3. The lowest BCUT2D eigenvalue weighted by Crippen LogP contribution is -2.28. The lowest BCUT2D eigenvalue weighted by molar-refractivity contribution is -0.0406. The van der Waals surface area contributed by atoms with E-state index in [1.165, 1.54) is 17.2 Å². The van der Waals surface area contributed by atoms with Crippen LogP contribution in [0.15, 0.2) is 23.6 Å². The monoisotopic (exact) mass is 719 g/mol. The van der Waals surface area contributed by atoms with Crippen molar-refractivity contribution in [3.05, 3.63) is 35.0 Å². The third-order valence-electron chi connectivity index (χ3n) is 8.25. The van der Waals surface area contributed by atoms with Crippen molar-refractivity contribution >= 4 is 71.0 Å². The SMILES string of the molecule is Nc1nc2c(ncn2C2CC23CC[C@@H](COP(O)(=S)O[C@H]2C[C@H](n4cc(F)c5c(N)ncnc54)O[C@@H]2COP(O)(O)=S)O3)c(=O)[nH]1. The molecule has 7 atom stereocenters. The Labute approximate surface area is 268 Å². The number of hydrogen-bond donors (Lipinski definition) is 6. The Bertz CT molecular complexity index is 1990. The van der Waals surface area contributed by atoms with E-state index in [1.807, 2.05) is 0 Å². The quantitative estimate of drug-likeness (QED) is 0.124. The highest BCUT2D eigenvalue weighted by Crippen LogP contribution is 2.59. The van der Waals surface area contributed by atoms with Crippen LogP contribution in [-0.2, 0) is 46.7 Å². The first kappa shape index (κ1) is 32.0. The van der Waals surface area contributed by atoms with Gasteiger partial charge in [-0.25, -0.2) is 19.3 Å². The molecular formula is C23H28FN9O9P2S2. The molecule has 2 aliphatic heterocycles. The number of aromatic nitrogens is 7. The van der Waals surface area contributed by atoms with Gasteiger partial charge in [-0.3, -0.25) is 9.78 Å². The van der Waals surface area contributed by atoms with Crippen LogP contribution in [0.5, 0.6) is 0 Å². The molecule has 7 rings (SSSR count). The van der Waals surface area contributed by atoms with Crippen LogP contribution >= 0.6 is 13.4 Å². The molecule has 0 aromatic carbocycles. The maximum Gasteiger partial charge on any atom is 0.324 e. The zero-order valence-electron chi connectivity index (χ0n) is 23.6. The van der Waals surface area contributed by atoms with Crippen molar-refractivity contribution in [3.8, 4) is 0 Å². The van der Waals surface area contributed by atoms with Gasteiger partial charge >= 0.3 is 13.4 Å². The van der Waals surface area contributed by atoms with Gasteiger partial charge in [0.15, 0.2) is 22.6 Å². The number of H-pyrrole nitrogens is 1. The summed E-state index contributed by atoms with van der Waals surface area (Å²) in [6.07, 6.45) is 2.52. The van der Waals surface area contributed by atoms with E-state index in [4.69, 9.17) is 46.3 Å². The molecule has 0 amide bonds. The minimum atomic E-state index is -4.07. The summed E-state index contributed by atoms with van der Waals surface area (Å²) >= 11 is 9.86. The van der Waals surface area contributed by atoms with Crippen molar-refractivity contribution < 1.29 is 42.1 Å². The number of nitrogen functional groups attached to an aromatic ring is 2. The van der Waals surface area contributed by atoms with Crippen LogP contribution in [0.25, 0.3) is 22.2 Å². The average molecular weight is 720 g/mol. The molecule has 0 bridgehead atoms. The number of nitrogens with zero attached hydrogens (tertiary/aromatic N) is 6. The number of hydrogen-bond acceptors (Lipinski definition) is 14. The van der Waals surface area contributed by atoms with E-state index in [0.717, 1.165) is 6.20 Å². The van der Waals surface area contributed by atoms with E-state index in [0.29, 0.717) is 24.9 Å². The van der Waals surface area contributed by atoms with E-state index >= 15 is 0 Å². The van der Waals surface area contributed by atoms with Gasteiger partial charge < -0.3 is 58.3 Å². The third-order valence-corrected chi connectivity index (χ3v) is 10.6. The Morgan fingerprint density at radius 3 is 2.74 bits per heavy atom. The van der Waals surface area contributed by atoms with Crippen LogP contribution < -0.4 is 17.0 Å². The summed E-state index contributed by atoms with van der Waals surface area (Å²) in [4.78, 5) is 61.2. The lowest BCUT2D eigenvalue weighted by atomic mass is 10.2. The number of aromatic amines is 1. The molecular weight excluding hydrogens is 691 g/mol. The molecule has 248 valence electrons. The normalized spacial score (nSPS) is 29.3. The van der Waals surface area contributed by atoms with Crippen LogP contribution in [0.3, 0.4) is 0 Å². The smallest absolute Gasteiger partial charge is 0.324 e. The van der Waals surface area contributed by atoms with E-state index < -0.39 is 61.6 Å². The van der Waals surface area contributed by atoms with E-state index in [9.17, 15) is 23.9 Å².